The molecule has 3 rings (SSSR count). The van der Waals surface area contributed by atoms with Crippen LogP contribution in [0.1, 0.15) is 40.0 Å². The first-order chi connectivity index (χ1) is 11.2. The Hall–Kier alpha value is -2.96. The van der Waals surface area contributed by atoms with Gasteiger partial charge in [0.15, 0.2) is 0 Å². The van der Waals surface area contributed by atoms with E-state index in [1.54, 1.807) is 24.5 Å². The molecule has 0 spiro atoms. The summed E-state index contributed by atoms with van der Waals surface area (Å²) in [7, 11) is 0. The Morgan fingerprint density at radius 3 is 2.83 bits per heavy atom. The molecule has 2 aromatic heterocycles. The maximum absolute atomic E-state index is 12.1. The lowest BCUT2D eigenvalue weighted by molar-refractivity contribution is 0.0950. The molecule has 0 aromatic carbocycles. The van der Waals surface area contributed by atoms with Gasteiger partial charge >= 0.3 is 0 Å². The second kappa shape index (κ2) is 6.43. The van der Waals surface area contributed by atoms with Crippen LogP contribution in [0, 0.1) is 0 Å². The van der Waals surface area contributed by atoms with Crippen molar-refractivity contribution in [3.8, 4) is 5.75 Å². The van der Waals surface area contributed by atoms with E-state index in [4.69, 9.17) is 0 Å². The Morgan fingerprint density at radius 2 is 2.04 bits per heavy atom. The number of rotatable bonds is 3. The zero-order valence-corrected chi connectivity index (χ0v) is 12.4. The van der Waals surface area contributed by atoms with Gasteiger partial charge in [0.05, 0.1) is 6.21 Å². The fourth-order valence-electron chi connectivity index (χ4n) is 2.64. The molecular weight excluding hydrogens is 296 g/mol. The smallest absolute Gasteiger partial charge is 0.280 e. The second-order valence-corrected chi connectivity index (χ2v) is 5.32. The van der Waals surface area contributed by atoms with E-state index in [2.05, 4.69) is 20.5 Å². The number of fused-ring (bicyclic) bond motifs is 1. The monoisotopic (exact) mass is 312 g/mol. The summed E-state index contributed by atoms with van der Waals surface area (Å²) in [5, 5.41) is 14.1. The summed E-state index contributed by atoms with van der Waals surface area (Å²) < 4.78 is 0. The number of aromatic nitrogens is 2. The van der Waals surface area contributed by atoms with Crippen LogP contribution in [0.15, 0.2) is 34.4 Å². The Bertz CT molecular complexity index is 812. The Balaban J connectivity index is 1.82. The molecule has 2 heterocycles. The molecule has 118 valence electrons. The third-order valence-electron chi connectivity index (χ3n) is 3.79. The maximum Gasteiger partial charge on any atom is 0.280 e. The second-order valence-electron chi connectivity index (χ2n) is 5.32. The van der Waals surface area contributed by atoms with E-state index in [1.165, 1.54) is 6.21 Å². The average Bonchev–Trinajstić information content (AvgIpc) is 2.56. The van der Waals surface area contributed by atoms with Gasteiger partial charge in [0.25, 0.3) is 11.5 Å². The molecule has 0 aliphatic heterocycles. The van der Waals surface area contributed by atoms with Crippen molar-refractivity contribution in [3.63, 3.8) is 0 Å². The van der Waals surface area contributed by atoms with Gasteiger partial charge in [-0.25, -0.2) is 5.43 Å². The van der Waals surface area contributed by atoms with Crippen LogP contribution in [0.5, 0.6) is 5.75 Å². The number of carbonyl (C=O) groups excluding carboxylic acids is 1. The molecule has 1 amide bonds. The van der Waals surface area contributed by atoms with Crippen LogP contribution in [0.3, 0.4) is 0 Å². The number of aromatic hydroxyl groups is 1. The Labute approximate surface area is 132 Å². The number of pyridine rings is 2. The van der Waals surface area contributed by atoms with Gasteiger partial charge in [0.1, 0.15) is 11.3 Å². The van der Waals surface area contributed by atoms with Crippen LogP contribution >= 0.6 is 0 Å². The van der Waals surface area contributed by atoms with E-state index in [0.717, 1.165) is 24.1 Å². The zero-order valence-electron chi connectivity index (χ0n) is 12.4. The highest BCUT2D eigenvalue weighted by atomic mass is 16.3. The number of carbonyl (C=O) groups is 1. The van der Waals surface area contributed by atoms with E-state index in [-0.39, 0.29) is 11.3 Å². The van der Waals surface area contributed by atoms with Crippen LogP contribution in [0.25, 0.3) is 0 Å². The van der Waals surface area contributed by atoms with E-state index in [0.29, 0.717) is 18.4 Å². The van der Waals surface area contributed by atoms with E-state index < -0.39 is 11.5 Å². The summed E-state index contributed by atoms with van der Waals surface area (Å²) in [6.07, 6.45) is 7.88. The normalized spacial score (nSPS) is 13.7. The maximum atomic E-state index is 12.1. The highest BCUT2D eigenvalue weighted by Crippen LogP contribution is 2.28. The van der Waals surface area contributed by atoms with E-state index in [9.17, 15) is 14.7 Å². The number of H-pyrrole nitrogens is 1. The first kappa shape index (κ1) is 15.0. The average molecular weight is 312 g/mol. The minimum atomic E-state index is -0.734. The number of amides is 1. The zero-order chi connectivity index (χ0) is 16.2. The van der Waals surface area contributed by atoms with Crippen molar-refractivity contribution in [2.24, 2.45) is 5.10 Å². The van der Waals surface area contributed by atoms with Gasteiger partial charge in [0, 0.05) is 23.7 Å². The summed E-state index contributed by atoms with van der Waals surface area (Å²) in [6, 6.07) is 3.44. The van der Waals surface area contributed by atoms with Gasteiger partial charge in [-0.05, 0) is 43.4 Å². The first-order valence-corrected chi connectivity index (χ1v) is 7.37. The molecule has 1 aliphatic rings. The third-order valence-corrected chi connectivity index (χ3v) is 3.79. The number of hydrogen-bond donors (Lipinski definition) is 3. The molecule has 3 N–H and O–H groups in total. The number of nitrogens with zero attached hydrogens (tertiary/aromatic N) is 2. The SMILES string of the molecule is O=C(N/N=C/c1ccncc1)c1c(O)c2c([nH]c1=O)CCCC2. The predicted octanol–water partition coefficient (Wildman–Crippen LogP) is 1.12. The highest BCUT2D eigenvalue weighted by Gasteiger charge is 2.23. The van der Waals surface area contributed by atoms with Crippen molar-refractivity contribution >= 4 is 12.1 Å². The number of aryl methyl sites for hydroxylation is 1. The van der Waals surface area contributed by atoms with Gasteiger partial charge in [0.2, 0.25) is 0 Å². The molecule has 0 unspecified atom stereocenters. The molecule has 0 saturated heterocycles. The van der Waals surface area contributed by atoms with Crippen LogP contribution < -0.4 is 11.0 Å². The summed E-state index contributed by atoms with van der Waals surface area (Å²) in [5.74, 6) is -0.970. The lowest BCUT2D eigenvalue weighted by atomic mass is 9.94. The van der Waals surface area contributed by atoms with Crippen molar-refractivity contribution in [3.05, 3.63) is 57.3 Å². The number of hydrogen-bond acceptors (Lipinski definition) is 5. The molecular formula is C16H16N4O3. The summed E-state index contributed by atoms with van der Waals surface area (Å²) in [6.45, 7) is 0. The minimum absolute atomic E-state index is 0.236. The largest absolute Gasteiger partial charge is 0.507 e. The lowest BCUT2D eigenvalue weighted by Crippen LogP contribution is -2.29. The molecule has 0 bridgehead atoms. The molecule has 2 aromatic rings. The molecule has 7 heteroatoms. The fraction of sp³-hybridized carbons (Fsp3) is 0.250. The molecule has 0 radical (unpaired) electrons. The lowest BCUT2D eigenvalue weighted by Gasteiger charge is -2.17. The fourth-order valence-corrected chi connectivity index (χ4v) is 2.64. The molecule has 0 fully saturated rings. The predicted molar refractivity (Wildman–Crippen MR) is 84.7 cm³/mol. The van der Waals surface area contributed by atoms with Crippen LogP contribution in [-0.2, 0) is 12.8 Å². The van der Waals surface area contributed by atoms with Gasteiger partial charge in [-0.2, -0.15) is 5.10 Å². The van der Waals surface area contributed by atoms with Crippen LogP contribution in [0.4, 0.5) is 0 Å². The summed E-state index contributed by atoms with van der Waals surface area (Å²) >= 11 is 0. The van der Waals surface area contributed by atoms with Gasteiger partial charge < -0.3 is 10.1 Å². The van der Waals surface area contributed by atoms with Crippen LogP contribution in [-0.4, -0.2) is 27.2 Å². The van der Waals surface area contributed by atoms with Crippen LogP contribution in [0.2, 0.25) is 0 Å². The van der Waals surface area contributed by atoms with Gasteiger partial charge in [-0.3, -0.25) is 14.6 Å². The molecule has 7 nitrogen and oxygen atoms in total. The van der Waals surface area contributed by atoms with E-state index in [1.807, 2.05) is 0 Å². The standard InChI is InChI=1S/C16H16N4O3/c21-14-11-3-1-2-4-12(11)19-15(22)13(14)16(23)20-18-9-10-5-7-17-8-6-10/h5-9H,1-4H2,(H,20,23)(H2,19,21,22)/b18-9+. The van der Waals surface area contributed by atoms with Crippen molar-refractivity contribution in [2.45, 2.75) is 25.7 Å². The summed E-state index contributed by atoms with van der Waals surface area (Å²) in [4.78, 5) is 30.8. The number of nitrogens with one attached hydrogen (secondary N) is 2. The summed E-state index contributed by atoms with van der Waals surface area (Å²) in [5.41, 5.74) is 3.50. The van der Waals surface area contributed by atoms with Gasteiger partial charge in [-0.1, -0.05) is 0 Å². The van der Waals surface area contributed by atoms with Crippen molar-refractivity contribution in [1.29, 1.82) is 0 Å². The molecule has 0 atom stereocenters. The molecule has 0 saturated carbocycles. The Kier molecular flexibility index (Phi) is 4.18. The quantitative estimate of drug-likeness (QED) is 0.583. The molecule has 1 aliphatic carbocycles. The molecule has 23 heavy (non-hydrogen) atoms. The number of aromatic amines is 1. The van der Waals surface area contributed by atoms with Gasteiger partial charge in [-0.15, -0.1) is 0 Å². The van der Waals surface area contributed by atoms with Crippen molar-refractivity contribution < 1.29 is 9.90 Å². The minimum Gasteiger partial charge on any atom is -0.507 e. The highest BCUT2D eigenvalue weighted by molar-refractivity contribution is 5.97. The first-order valence-electron chi connectivity index (χ1n) is 7.37. The third kappa shape index (κ3) is 3.13. The number of hydrazone groups is 1. The topological polar surface area (TPSA) is 107 Å². The van der Waals surface area contributed by atoms with E-state index >= 15 is 0 Å². The Morgan fingerprint density at radius 1 is 1.30 bits per heavy atom. The van der Waals surface area contributed by atoms with Crippen molar-refractivity contribution in [1.82, 2.24) is 15.4 Å². The van der Waals surface area contributed by atoms with Crippen molar-refractivity contribution in [2.75, 3.05) is 0 Å².